The number of methoxy groups -OCH3 is 2. The first-order valence-electron chi connectivity index (χ1n) is 7.14. The van der Waals surface area contributed by atoms with E-state index in [9.17, 15) is 5.26 Å². The van der Waals surface area contributed by atoms with Crippen LogP contribution in [0, 0.1) is 11.3 Å². The minimum atomic E-state index is 0. The molecule has 0 aliphatic carbocycles. The van der Waals surface area contributed by atoms with Crippen molar-refractivity contribution in [2.75, 3.05) is 14.2 Å². The Hall–Kier alpha value is -2.49. The average molecular weight is 421 g/mol. The number of aromatic nitrogens is 2. The molecule has 1 heterocycles. The number of hydrogen-bond donors (Lipinski definition) is 1. The maximum Gasteiger partial charge on any atom is 0.161 e. The van der Waals surface area contributed by atoms with E-state index in [-0.39, 0.29) is 12.4 Å². The molecule has 0 saturated heterocycles. The molecule has 0 atom stereocenters. The van der Waals surface area contributed by atoms with Gasteiger partial charge in [-0.05, 0) is 35.9 Å². The Labute approximate surface area is 159 Å². The zero-order valence-corrected chi connectivity index (χ0v) is 15.9. The molecule has 0 spiro atoms. The molecule has 0 aliphatic rings. The zero-order valence-electron chi connectivity index (χ0n) is 13.5. The van der Waals surface area contributed by atoms with Crippen molar-refractivity contribution in [2.45, 2.75) is 0 Å². The lowest BCUT2D eigenvalue weighted by Crippen LogP contribution is -1.92. The summed E-state index contributed by atoms with van der Waals surface area (Å²) in [5.41, 5.74) is 2.93. The molecular formula is C18H15BrClN3O2. The van der Waals surface area contributed by atoms with Crippen LogP contribution in [0.1, 0.15) is 11.4 Å². The number of benzene rings is 2. The average Bonchev–Trinajstić information content (AvgIpc) is 3.04. The van der Waals surface area contributed by atoms with Gasteiger partial charge in [0.25, 0.3) is 0 Å². The fraction of sp³-hybridized carbons (Fsp3) is 0.111. The Morgan fingerprint density at radius 2 is 1.88 bits per heavy atom. The second-order valence-electron chi connectivity index (χ2n) is 5.00. The molecule has 3 aromatic rings. The van der Waals surface area contributed by atoms with Gasteiger partial charge in [0.2, 0.25) is 0 Å². The van der Waals surface area contributed by atoms with E-state index in [0.29, 0.717) is 22.9 Å². The van der Waals surface area contributed by atoms with E-state index in [4.69, 9.17) is 9.47 Å². The predicted molar refractivity (Wildman–Crippen MR) is 104 cm³/mol. The molecule has 0 aliphatic heterocycles. The number of halogens is 2. The summed E-state index contributed by atoms with van der Waals surface area (Å²) in [4.78, 5) is 7.63. The summed E-state index contributed by atoms with van der Waals surface area (Å²) < 4.78 is 11.4. The third kappa shape index (κ3) is 3.78. The first kappa shape index (κ1) is 18.8. The number of hydrogen-bond acceptors (Lipinski definition) is 4. The lowest BCUT2D eigenvalue weighted by molar-refractivity contribution is 0.354. The van der Waals surface area contributed by atoms with Gasteiger partial charge in [-0.15, -0.1) is 12.4 Å². The monoisotopic (exact) mass is 419 g/mol. The Kier molecular flexibility index (Phi) is 6.07. The number of nitrogens with one attached hydrogen (secondary N) is 1. The number of H-pyrrole nitrogens is 1. The molecular weight excluding hydrogens is 406 g/mol. The summed E-state index contributed by atoms with van der Waals surface area (Å²) in [6, 6.07) is 13.5. The number of fused-ring (bicyclic) bond motifs is 1. The van der Waals surface area contributed by atoms with Gasteiger partial charge < -0.3 is 14.5 Å². The molecule has 128 valence electrons. The standard InChI is InChI=1S/C18H14BrN3O2.ClH/c1-23-16-8-11(13(19)9-17(16)24-2)7-12(10-20)18-21-14-5-3-4-6-15(14)22-18;/h3-9H,1-2H3,(H,21,22);1H. The predicted octanol–water partition coefficient (Wildman–Crippen LogP) is 4.83. The summed E-state index contributed by atoms with van der Waals surface area (Å²) in [5, 5.41) is 9.53. The van der Waals surface area contributed by atoms with Crippen LogP contribution in [0.2, 0.25) is 0 Å². The molecule has 3 rings (SSSR count). The van der Waals surface area contributed by atoms with Crippen LogP contribution < -0.4 is 9.47 Å². The zero-order chi connectivity index (χ0) is 17.1. The number of rotatable bonds is 4. The normalized spacial score (nSPS) is 10.9. The summed E-state index contributed by atoms with van der Waals surface area (Å²) in [7, 11) is 3.15. The van der Waals surface area contributed by atoms with Gasteiger partial charge in [0.1, 0.15) is 11.9 Å². The Morgan fingerprint density at radius 3 is 2.52 bits per heavy atom. The van der Waals surface area contributed by atoms with Crippen LogP contribution in [-0.2, 0) is 0 Å². The molecule has 2 aromatic carbocycles. The van der Waals surface area contributed by atoms with Crippen molar-refractivity contribution in [1.29, 1.82) is 5.26 Å². The molecule has 1 aromatic heterocycles. The molecule has 0 bridgehead atoms. The van der Waals surface area contributed by atoms with E-state index in [1.807, 2.05) is 30.3 Å². The van der Waals surface area contributed by atoms with Gasteiger partial charge >= 0.3 is 0 Å². The fourth-order valence-electron chi connectivity index (χ4n) is 2.37. The van der Waals surface area contributed by atoms with E-state index in [2.05, 4.69) is 32.0 Å². The number of para-hydroxylation sites is 2. The highest BCUT2D eigenvalue weighted by Crippen LogP contribution is 2.35. The molecule has 0 amide bonds. The molecule has 25 heavy (non-hydrogen) atoms. The number of allylic oxidation sites excluding steroid dienone is 1. The topological polar surface area (TPSA) is 70.9 Å². The van der Waals surface area contributed by atoms with E-state index in [1.165, 1.54) is 0 Å². The van der Waals surface area contributed by atoms with Gasteiger partial charge in [-0.2, -0.15) is 5.26 Å². The second-order valence-corrected chi connectivity index (χ2v) is 5.86. The number of imidazole rings is 1. The number of ether oxygens (including phenoxy) is 2. The summed E-state index contributed by atoms with van der Waals surface area (Å²) in [6.07, 6.45) is 1.75. The van der Waals surface area contributed by atoms with Crippen molar-refractivity contribution in [3.05, 3.63) is 52.3 Å². The maximum absolute atomic E-state index is 9.53. The smallest absolute Gasteiger partial charge is 0.161 e. The number of nitriles is 1. The minimum Gasteiger partial charge on any atom is -0.493 e. The van der Waals surface area contributed by atoms with E-state index >= 15 is 0 Å². The highest BCUT2D eigenvalue weighted by Gasteiger charge is 2.12. The van der Waals surface area contributed by atoms with Gasteiger partial charge in [0.05, 0.1) is 30.8 Å². The summed E-state index contributed by atoms with van der Waals surface area (Å²) in [5.74, 6) is 1.73. The van der Waals surface area contributed by atoms with Crippen LogP contribution in [0.5, 0.6) is 11.5 Å². The van der Waals surface area contributed by atoms with Gasteiger partial charge in [-0.1, -0.05) is 28.1 Å². The molecule has 5 nitrogen and oxygen atoms in total. The van der Waals surface area contributed by atoms with Crippen molar-refractivity contribution in [3.63, 3.8) is 0 Å². The van der Waals surface area contributed by atoms with Crippen molar-refractivity contribution in [3.8, 4) is 17.6 Å². The van der Waals surface area contributed by atoms with Crippen molar-refractivity contribution in [1.82, 2.24) is 9.97 Å². The third-order valence-electron chi connectivity index (χ3n) is 3.57. The van der Waals surface area contributed by atoms with E-state index in [0.717, 1.165) is 21.1 Å². The Balaban J connectivity index is 0.00000225. The molecule has 0 fully saturated rings. The Morgan fingerprint density at radius 1 is 1.20 bits per heavy atom. The van der Waals surface area contributed by atoms with E-state index < -0.39 is 0 Å². The van der Waals surface area contributed by atoms with Crippen LogP contribution in [0.25, 0.3) is 22.7 Å². The summed E-state index contributed by atoms with van der Waals surface area (Å²) >= 11 is 3.50. The van der Waals surface area contributed by atoms with Crippen molar-refractivity contribution < 1.29 is 9.47 Å². The van der Waals surface area contributed by atoms with Crippen LogP contribution >= 0.6 is 28.3 Å². The lowest BCUT2D eigenvalue weighted by atomic mass is 10.1. The van der Waals surface area contributed by atoms with Gasteiger partial charge in [-0.25, -0.2) is 4.98 Å². The molecule has 0 saturated carbocycles. The highest BCUT2D eigenvalue weighted by molar-refractivity contribution is 9.10. The Bertz CT molecular complexity index is 943. The molecule has 0 unspecified atom stereocenters. The second kappa shape index (κ2) is 8.06. The van der Waals surface area contributed by atoms with Crippen LogP contribution in [0.3, 0.4) is 0 Å². The largest absolute Gasteiger partial charge is 0.493 e. The molecule has 7 heteroatoms. The number of nitrogens with zero attached hydrogens (tertiary/aromatic N) is 2. The summed E-state index contributed by atoms with van der Waals surface area (Å²) in [6.45, 7) is 0. The van der Waals surface area contributed by atoms with Gasteiger partial charge in [0.15, 0.2) is 11.5 Å². The van der Waals surface area contributed by atoms with Gasteiger partial charge in [-0.3, -0.25) is 0 Å². The lowest BCUT2D eigenvalue weighted by Gasteiger charge is -2.10. The van der Waals surface area contributed by atoms with Crippen molar-refractivity contribution in [2.24, 2.45) is 0 Å². The SMILES string of the molecule is COc1cc(Br)c(C=C(C#N)c2nc3ccccc3[nH]2)cc1OC.Cl. The first-order valence-corrected chi connectivity index (χ1v) is 7.94. The maximum atomic E-state index is 9.53. The highest BCUT2D eigenvalue weighted by atomic mass is 79.9. The van der Waals surface area contributed by atoms with Crippen LogP contribution in [-0.4, -0.2) is 24.2 Å². The first-order chi connectivity index (χ1) is 11.7. The van der Waals surface area contributed by atoms with E-state index in [1.54, 1.807) is 26.4 Å². The number of aromatic amines is 1. The quantitative estimate of drug-likeness (QED) is 0.614. The fourth-order valence-corrected chi connectivity index (χ4v) is 2.81. The van der Waals surface area contributed by atoms with Crippen LogP contribution in [0.15, 0.2) is 40.9 Å². The molecule has 0 radical (unpaired) electrons. The third-order valence-corrected chi connectivity index (χ3v) is 4.25. The van der Waals surface area contributed by atoms with Crippen LogP contribution in [0.4, 0.5) is 0 Å². The van der Waals surface area contributed by atoms with Gasteiger partial charge in [0, 0.05) is 4.47 Å². The minimum absolute atomic E-state index is 0. The molecule has 1 N–H and O–H groups in total. The van der Waals surface area contributed by atoms with Crippen molar-refractivity contribution >= 4 is 51.0 Å².